The van der Waals surface area contributed by atoms with Gasteiger partial charge in [-0.05, 0) is 25.3 Å². The number of anilines is 1. The highest BCUT2D eigenvalue weighted by atomic mass is 16.5. The molecule has 2 aromatic rings. The maximum Gasteiger partial charge on any atom is 0.178 e. The van der Waals surface area contributed by atoms with Crippen molar-refractivity contribution in [3.05, 3.63) is 23.7 Å². The Morgan fingerprint density at radius 1 is 1.53 bits per heavy atom. The molecule has 3 heterocycles. The van der Waals surface area contributed by atoms with Gasteiger partial charge in [-0.15, -0.1) is 0 Å². The normalized spacial score (nSPS) is 20.9. The SMILES string of the molecule is Cc1nn2cc(C3CCCOC3)cnc2c1N. The molecule has 0 aromatic carbocycles. The molecule has 1 aliphatic heterocycles. The molecular weight excluding hydrogens is 216 g/mol. The molecular formula is C12H16N4O. The summed E-state index contributed by atoms with van der Waals surface area (Å²) in [7, 11) is 0. The van der Waals surface area contributed by atoms with Crippen LogP contribution in [0.1, 0.15) is 30.0 Å². The molecule has 0 spiro atoms. The molecule has 1 fully saturated rings. The van der Waals surface area contributed by atoms with Crippen LogP contribution in [0.25, 0.3) is 5.65 Å². The Labute approximate surface area is 99.6 Å². The van der Waals surface area contributed by atoms with E-state index in [1.165, 1.54) is 5.56 Å². The number of nitrogens with two attached hydrogens (primary N) is 1. The molecule has 0 radical (unpaired) electrons. The van der Waals surface area contributed by atoms with Crippen molar-refractivity contribution < 1.29 is 4.74 Å². The predicted molar refractivity (Wildman–Crippen MR) is 64.9 cm³/mol. The molecule has 0 bridgehead atoms. The lowest BCUT2D eigenvalue weighted by molar-refractivity contribution is 0.0802. The van der Waals surface area contributed by atoms with E-state index in [0.29, 0.717) is 11.6 Å². The van der Waals surface area contributed by atoms with E-state index in [-0.39, 0.29) is 0 Å². The Kier molecular flexibility index (Phi) is 2.48. The van der Waals surface area contributed by atoms with Crippen LogP contribution in [0.3, 0.4) is 0 Å². The van der Waals surface area contributed by atoms with E-state index in [9.17, 15) is 0 Å². The van der Waals surface area contributed by atoms with Gasteiger partial charge in [0.25, 0.3) is 0 Å². The summed E-state index contributed by atoms with van der Waals surface area (Å²) in [4.78, 5) is 4.40. The van der Waals surface area contributed by atoms with Gasteiger partial charge in [0.15, 0.2) is 5.65 Å². The van der Waals surface area contributed by atoms with Gasteiger partial charge in [0.1, 0.15) is 5.69 Å². The first-order valence-electron chi connectivity index (χ1n) is 5.94. The Hall–Kier alpha value is -1.62. The lowest BCUT2D eigenvalue weighted by Gasteiger charge is -2.21. The van der Waals surface area contributed by atoms with Crippen molar-refractivity contribution in [1.29, 1.82) is 0 Å². The lowest BCUT2D eigenvalue weighted by Crippen LogP contribution is -2.16. The Morgan fingerprint density at radius 2 is 2.41 bits per heavy atom. The number of hydrogen-bond acceptors (Lipinski definition) is 4. The first-order valence-corrected chi connectivity index (χ1v) is 5.94. The van der Waals surface area contributed by atoms with Gasteiger partial charge < -0.3 is 10.5 Å². The molecule has 5 nitrogen and oxygen atoms in total. The molecule has 90 valence electrons. The fourth-order valence-corrected chi connectivity index (χ4v) is 2.29. The number of nitrogen functional groups attached to an aromatic ring is 1. The third-order valence-corrected chi connectivity index (χ3v) is 3.34. The van der Waals surface area contributed by atoms with Crippen molar-refractivity contribution in [2.45, 2.75) is 25.7 Å². The number of nitrogens with zero attached hydrogens (tertiary/aromatic N) is 3. The highest BCUT2D eigenvalue weighted by Crippen LogP contribution is 2.25. The van der Waals surface area contributed by atoms with E-state index in [4.69, 9.17) is 10.5 Å². The van der Waals surface area contributed by atoms with Crippen molar-refractivity contribution in [3.63, 3.8) is 0 Å². The van der Waals surface area contributed by atoms with Crippen LogP contribution >= 0.6 is 0 Å². The molecule has 1 saturated heterocycles. The van der Waals surface area contributed by atoms with Crippen LogP contribution in [0.5, 0.6) is 0 Å². The Bertz CT molecular complexity index is 543. The van der Waals surface area contributed by atoms with Gasteiger partial charge >= 0.3 is 0 Å². The van der Waals surface area contributed by atoms with Crippen LogP contribution in [0.15, 0.2) is 12.4 Å². The Morgan fingerprint density at radius 3 is 3.18 bits per heavy atom. The topological polar surface area (TPSA) is 65.4 Å². The Balaban J connectivity index is 2.01. The number of ether oxygens (including phenoxy) is 1. The van der Waals surface area contributed by atoms with E-state index >= 15 is 0 Å². The van der Waals surface area contributed by atoms with Gasteiger partial charge in [0, 0.05) is 24.9 Å². The van der Waals surface area contributed by atoms with Crippen molar-refractivity contribution in [2.24, 2.45) is 0 Å². The molecule has 17 heavy (non-hydrogen) atoms. The molecule has 1 unspecified atom stereocenters. The van der Waals surface area contributed by atoms with E-state index in [1.807, 2.05) is 19.3 Å². The first kappa shape index (κ1) is 10.5. The highest BCUT2D eigenvalue weighted by Gasteiger charge is 2.17. The van der Waals surface area contributed by atoms with Gasteiger partial charge in [0.2, 0.25) is 0 Å². The number of aromatic nitrogens is 3. The summed E-state index contributed by atoms with van der Waals surface area (Å²) >= 11 is 0. The third kappa shape index (κ3) is 1.76. The van der Waals surface area contributed by atoms with E-state index in [1.54, 1.807) is 4.52 Å². The second-order valence-corrected chi connectivity index (χ2v) is 4.57. The second kappa shape index (κ2) is 4.00. The van der Waals surface area contributed by atoms with Gasteiger partial charge in [-0.25, -0.2) is 9.50 Å². The summed E-state index contributed by atoms with van der Waals surface area (Å²) in [6.07, 6.45) is 6.18. The van der Waals surface area contributed by atoms with Crippen LogP contribution in [0.2, 0.25) is 0 Å². The van der Waals surface area contributed by atoms with Crippen LogP contribution in [0, 0.1) is 6.92 Å². The van der Waals surface area contributed by atoms with Crippen LogP contribution < -0.4 is 5.73 Å². The molecule has 5 heteroatoms. The predicted octanol–water partition coefficient (Wildman–Crippen LogP) is 1.51. The zero-order chi connectivity index (χ0) is 11.8. The van der Waals surface area contributed by atoms with Gasteiger partial charge in [-0.3, -0.25) is 0 Å². The van der Waals surface area contributed by atoms with Gasteiger partial charge in [0.05, 0.1) is 12.3 Å². The van der Waals surface area contributed by atoms with Crippen LogP contribution in [0.4, 0.5) is 5.69 Å². The number of fused-ring (bicyclic) bond motifs is 1. The summed E-state index contributed by atoms with van der Waals surface area (Å²) in [5.74, 6) is 0.436. The van der Waals surface area contributed by atoms with Crippen molar-refractivity contribution in [3.8, 4) is 0 Å². The minimum atomic E-state index is 0.436. The van der Waals surface area contributed by atoms with Crippen molar-refractivity contribution in [1.82, 2.24) is 14.6 Å². The quantitative estimate of drug-likeness (QED) is 0.809. The average molecular weight is 232 g/mol. The number of hydrogen-bond donors (Lipinski definition) is 1. The monoisotopic (exact) mass is 232 g/mol. The summed E-state index contributed by atoms with van der Waals surface area (Å²) in [6.45, 7) is 3.55. The smallest absolute Gasteiger partial charge is 0.178 e. The fourth-order valence-electron chi connectivity index (χ4n) is 2.29. The summed E-state index contributed by atoms with van der Waals surface area (Å²) < 4.78 is 7.27. The van der Waals surface area contributed by atoms with Crippen molar-refractivity contribution >= 4 is 11.3 Å². The molecule has 0 amide bonds. The van der Waals surface area contributed by atoms with Gasteiger partial charge in [-0.1, -0.05) is 0 Å². The fraction of sp³-hybridized carbons (Fsp3) is 0.500. The lowest BCUT2D eigenvalue weighted by atomic mass is 9.96. The number of rotatable bonds is 1. The largest absolute Gasteiger partial charge is 0.394 e. The molecule has 3 rings (SSSR count). The molecule has 2 N–H and O–H groups in total. The molecule has 2 aromatic heterocycles. The van der Waals surface area contributed by atoms with Gasteiger partial charge in [-0.2, -0.15) is 5.10 Å². The minimum Gasteiger partial charge on any atom is -0.394 e. The van der Waals surface area contributed by atoms with E-state index in [0.717, 1.165) is 37.4 Å². The standard InChI is InChI=1S/C12H16N4O/c1-8-11(13)12-14-5-10(6-16(12)15-8)9-3-2-4-17-7-9/h5-6,9H,2-4,7,13H2,1H3. The summed E-state index contributed by atoms with van der Waals surface area (Å²) in [6, 6.07) is 0. The molecule has 0 aliphatic carbocycles. The highest BCUT2D eigenvalue weighted by molar-refractivity contribution is 5.66. The third-order valence-electron chi connectivity index (χ3n) is 3.34. The van der Waals surface area contributed by atoms with E-state index in [2.05, 4.69) is 10.1 Å². The number of aryl methyl sites for hydroxylation is 1. The zero-order valence-corrected chi connectivity index (χ0v) is 9.89. The van der Waals surface area contributed by atoms with Crippen molar-refractivity contribution in [2.75, 3.05) is 18.9 Å². The molecule has 1 atom stereocenters. The molecule has 1 aliphatic rings. The second-order valence-electron chi connectivity index (χ2n) is 4.57. The van der Waals surface area contributed by atoms with Crippen LogP contribution in [-0.4, -0.2) is 27.8 Å². The summed E-state index contributed by atoms with van der Waals surface area (Å²) in [5.41, 5.74) is 9.31. The average Bonchev–Trinajstić information content (AvgIpc) is 2.66. The molecule has 0 saturated carbocycles. The first-order chi connectivity index (χ1) is 8.25. The minimum absolute atomic E-state index is 0.436. The van der Waals surface area contributed by atoms with E-state index < -0.39 is 0 Å². The maximum absolute atomic E-state index is 5.90. The van der Waals surface area contributed by atoms with Crippen LogP contribution in [-0.2, 0) is 4.74 Å². The zero-order valence-electron chi connectivity index (χ0n) is 9.89. The maximum atomic E-state index is 5.90. The summed E-state index contributed by atoms with van der Waals surface area (Å²) in [5, 5.41) is 4.36.